The number of rotatable bonds is 6. The summed E-state index contributed by atoms with van der Waals surface area (Å²) in [7, 11) is 0. The highest BCUT2D eigenvalue weighted by Crippen LogP contribution is 2.26. The first-order valence-electron chi connectivity index (χ1n) is 7.06. The maximum atomic E-state index is 10.4. The Kier molecular flexibility index (Phi) is 5.13. The minimum Gasteiger partial charge on any atom is -0.389 e. The lowest BCUT2D eigenvalue weighted by molar-refractivity contribution is 0.0254. The molecule has 5 nitrogen and oxygen atoms in total. The van der Waals surface area contributed by atoms with E-state index in [1.54, 1.807) is 6.20 Å². The van der Waals surface area contributed by atoms with Gasteiger partial charge in [-0.15, -0.1) is 5.10 Å². The minimum atomic E-state index is -0.468. The molecular weight excluding hydrogens is 228 g/mol. The number of aliphatic hydroxyl groups is 1. The van der Waals surface area contributed by atoms with Gasteiger partial charge in [-0.1, -0.05) is 30.9 Å². The number of hydrogen-bond acceptors (Lipinski definition) is 4. The Hall–Kier alpha value is -0.940. The summed E-state index contributed by atoms with van der Waals surface area (Å²) in [5.74, 6) is 0. The molecule has 0 radical (unpaired) electrons. The molecule has 1 heterocycles. The van der Waals surface area contributed by atoms with Crippen LogP contribution < -0.4 is 5.32 Å². The van der Waals surface area contributed by atoms with Crippen LogP contribution in [0, 0.1) is 0 Å². The molecule has 0 bridgehead atoms. The standard InChI is InChI=1S/C13H24N4O/c18-13(6-3-1-2-4-7-13)12-14-8-5-10-17-11-9-15-16-17/h9,11,14,18H,1-8,10,12H2. The fraction of sp³-hybridized carbons (Fsp3) is 0.846. The van der Waals surface area contributed by atoms with Crippen molar-refractivity contribution in [2.75, 3.05) is 13.1 Å². The fourth-order valence-corrected chi connectivity index (χ4v) is 2.60. The monoisotopic (exact) mass is 252 g/mol. The molecule has 1 aromatic rings. The van der Waals surface area contributed by atoms with E-state index in [0.29, 0.717) is 0 Å². The smallest absolute Gasteiger partial charge is 0.0771 e. The minimum absolute atomic E-state index is 0.468. The maximum Gasteiger partial charge on any atom is 0.0771 e. The average molecular weight is 252 g/mol. The number of nitrogens with zero attached hydrogens (tertiary/aromatic N) is 3. The Morgan fingerprint density at radius 3 is 2.67 bits per heavy atom. The van der Waals surface area contributed by atoms with Gasteiger partial charge < -0.3 is 10.4 Å². The molecule has 1 aromatic heterocycles. The predicted octanol–water partition coefficient (Wildman–Crippen LogP) is 1.34. The lowest BCUT2D eigenvalue weighted by atomic mass is 9.94. The number of nitrogens with one attached hydrogen (secondary N) is 1. The fourth-order valence-electron chi connectivity index (χ4n) is 2.60. The zero-order valence-corrected chi connectivity index (χ0v) is 11.0. The molecule has 2 rings (SSSR count). The van der Waals surface area contributed by atoms with E-state index in [9.17, 15) is 5.11 Å². The van der Waals surface area contributed by atoms with Crippen LogP contribution in [0.2, 0.25) is 0 Å². The number of aryl methyl sites for hydroxylation is 1. The van der Waals surface area contributed by atoms with Crippen molar-refractivity contribution in [1.82, 2.24) is 20.3 Å². The van der Waals surface area contributed by atoms with Crippen LogP contribution in [0.4, 0.5) is 0 Å². The summed E-state index contributed by atoms with van der Waals surface area (Å²) in [4.78, 5) is 0. The molecule has 0 saturated heterocycles. The van der Waals surface area contributed by atoms with Crippen molar-refractivity contribution in [3.05, 3.63) is 12.4 Å². The van der Waals surface area contributed by atoms with Gasteiger partial charge in [0.15, 0.2) is 0 Å². The molecule has 0 amide bonds. The zero-order chi connectivity index (χ0) is 12.7. The highest BCUT2D eigenvalue weighted by molar-refractivity contribution is 4.83. The SMILES string of the molecule is OC1(CNCCCn2ccnn2)CCCCCC1. The van der Waals surface area contributed by atoms with E-state index in [4.69, 9.17) is 0 Å². The second-order valence-corrected chi connectivity index (χ2v) is 5.34. The van der Waals surface area contributed by atoms with E-state index in [1.807, 2.05) is 10.9 Å². The van der Waals surface area contributed by atoms with Crippen molar-refractivity contribution in [1.29, 1.82) is 0 Å². The van der Waals surface area contributed by atoms with Gasteiger partial charge in [0.25, 0.3) is 0 Å². The first-order valence-corrected chi connectivity index (χ1v) is 7.06. The van der Waals surface area contributed by atoms with Gasteiger partial charge in [-0.2, -0.15) is 0 Å². The van der Waals surface area contributed by atoms with Gasteiger partial charge in [-0.3, -0.25) is 4.68 Å². The Morgan fingerprint density at radius 1 is 1.22 bits per heavy atom. The molecule has 1 aliphatic carbocycles. The molecule has 5 heteroatoms. The molecule has 2 N–H and O–H groups in total. The Labute approximate surface area is 109 Å². The molecule has 0 spiro atoms. The third-order valence-electron chi connectivity index (χ3n) is 3.70. The molecule has 1 saturated carbocycles. The Bertz CT molecular complexity index is 318. The van der Waals surface area contributed by atoms with Crippen LogP contribution in [0.1, 0.15) is 44.9 Å². The van der Waals surface area contributed by atoms with Crippen molar-refractivity contribution >= 4 is 0 Å². The summed E-state index contributed by atoms with van der Waals surface area (Å²) in [6.45, 7) is 2.53. The molecule has 0 aromatic carbocycles. The van der Waals surface area contributed by atoms with Gasteiger partial charge >= 0.3 is 0 Å². The topological polar surface area (TPSA) is 63.0 Å². The van der Waals surface area contributed by atoms with Gasteiger partial charge in [-0.05, 0) is 25.8 Å². The van der Waals surface area contributed by atoms with Gasteiger partial charge in [0.05, 0.1) is 11.8 Å². The van der Waals surface area contributed by atoms with Crippen LogP contribution in [0.5, 0.6) is 0 Å². The van der Waals surface area contributed by atoms with Crippen LogP contribution in [-0.4, -0.2) is 38.8 Å². The Balaban J connectivity index is 1.59. The summed E-state index contributed by atoms with van der Waals surface area (Å²) in [5, 5.41) is 21.5. The molecule has 1 fully saturated rings. The summed E-state index contributed by atoms with van der Waals surface area (Å²) >= 11 is 0. The zero-order valence-electron chi connectivity index (χ0n) is 11.0. The van der Waals surface area contributed by atoms with Crippen LogP contribution in [-0.2, 0) is 6.54 Å². The van der Waals surface area contributed by atoms with Crippen molar-refractivity contribution in [2.24, 2.45) is 0 Å². The van der Waals surface area contributed by atoms with Crippen molar-refractivity contribution in [3.8, 4) is 0 Å². The molecule has 18 heavy (non-hydrogen) atoms. The van der Waals surface area contributed by atoms with E-state index in [-0.39, 0.29) is 0 Å². The summed E-state index contributed by atoms with van der Waals surface area (Å²) in [6, 6.07) is 0. The van der Waals surface area contributed by atoms with E-state index < -0.39 is 5.60 Å². The van der Waals surface area contributed by atoms with Gasteiger partial charge in [0.1, 0.15) is 0 Å². The first kappa shape index (κ1) is 13.5. The van der Waals surface area contributed by atoms with Gasteiger partial charge in [-0.25, -0.2) is 0 Å². The summed E-state index contributed by atoms with van der Waals surface area (Å²) < 4.78 is 1.84. The quantitative estimate of drug-likeness (QED) is 0.592. The summed E-state index contributed by atoms with van der Waals surface area (Å²) in [6.07, 6.45) is 11.4. The van der Waals surface area contributed by atoms with Crippen molar-refractivity contribution in [2.45, 2.75) is 57.1 Å². The molecule has 0 unspecified atom stereocenters. The molecule has 0 aliphatic heterocycles. The molecule has 0 atom stereocenters. The van der Waals surface area contributed by atoms with E-state index in [0.717, 1.165) is 51.7 Å². The van der Waals surface area contributed by atoms with Crippen LogP contribution >= 0.6 is 0 Å². The molecule has 1 aliphatic rings. The van der Waals surface area contributed by atoms with Crippen LogP contribution in [0.3, 0.4) is 0 Å². The summed E-state index contributed by atoms with van der Waals surface area (Å²) in [5.41, 5.74) is -0.468. The number of hydrogen-bond donors (Lipinski definition) is 2. The van der Waals surface area contributed by atoms with Crippen molar-refractivity contribution < 1.29 is 5.11 Å². The lowest BCUT2D eigenvalue weighted by Crippen LogP contribution is -2.40. The predicted molar refractivity (Wildman–Crippen MR) is 70.2 cm³/mol. The van der Waals surface area contributed by atoms with Crippen LogP contribution in [0.15, 0.2) is 12.4 Å². The first-order chi connectivity index (χ1) is 8.79. The van der Waals surface area contributed by atoms with Crippen LogP contribution in [0.25, 0.3) is 0 Å². The molecular formula is C13H24N4O. The second kappa shape index (κ2) is 6.85. The number of aromatic nitrogens is 3. The Morgan fingerprint density at radius 2 is 2.00 bits per heavy atom. The van der Waals surface area contributed by atoms with Crippen molar-refractivity contribution in [3.63, 3.8) is 0 Å². The third kappa shape index (κ3) is 4.38. The van der Waals surface area contributed by atoms with E-state index in [2.05, 4.69) is 15.6 Å². The van der Waals surface area contributed by atoms with E-state index >= 15 is 0 Å². The van der Waals surface area contributed by atoms with Gasteiger partial charge in [0, 0.05) is 19.3 Å². The maximum absolute atomic E-state index is 10.4. The highest BCUT2D eigenvalue weighted by Gasteiger charge is 2.26. The van der Waals surface area contributed by atoms with Gasteiger partial charge in [0.2, 0.25) is 0 Å². The largest absolute Gasteiger partial charge is 0.389 e. The lowest BCUT2D eigenvalue weighted by Gasteiger charge is -2.26. The normalized spacial score (nSPS) is 19.6. The highest BCUT2D eigenvalue weighted by atomic mass is 16.3. The van der Waals surface area contributed by atoms with E-state index in [1.165, 1.54) is 12.8 Å². The molecule has 102 valence electrons. The average Bonchev–Trinajstić information content (AvgIpc) is 2.78. The third-order valence-corrected chi connectivity index (χ3v) is 3.70. The second-order valence-electron chi connectivity index (χ2n) is 5.34.